The fraction of sp³-hybridized carbons (Fsp3) is 0.276. The van der Waals surface area contributed by atoms with Gasteiger partial charge < -0.3 is 14.8 Å². The van der Waals surface area contributed by atoms with Gasteiger partial charge >= 0.3 is 6.18 Å². The number of rotatable bonds is 8. The summed E-state index contributed by atoms with van der Waals surface area (Å²) in [5, 5.41) is 2.17. The highest BCUT2D eigenvalue weighted by Gasteiger charge is 2.36. The minimum atomic E-state index is -4.55. The number of hydrogen-bond donors (Lipinski definition) is 1. The van der Waals surface area contributed by atoms with Gasteiger partial charge in [0.25, 0.3) is 0 Å². The van der Waals surface area contributed by atoms with Gasteiger partial charge in [-0.2, -0.15) is 13.2 Å². The topological polar surface area (TPSA) is 80.2 Å². The Hall–Kier alpha value is -3.99. The van der Waals surface area contributed by atoms with Gasteiger partial charge in [0.05, 0.1) is 25.5 Å². The van der Waals surface area contributed by atoms with Gasteiger partial charge in [0.1, 0.15) is 5.25 Å². The molecule has 40 heavy (non-hydrogen) atoms. The third kappa shape index (κ3) is 7.15. The molecule has 1 heterocycles. The van der Waals surface area contributed by atoms with Gasteiger partial charge in [0, 0.05) is 18.7 Å². The number of carbonyl (C=O) groups excluding carboxylic acids is 2. The van der Waals surface area contributed by atoms with Crippen molar-refractivity contribution in [2.24, 2.45) is 4.99 Å². The van der Waals surface area contributed by atoms with Gasteiger partial charge in [-0.15, -0.1) is 0 Å². The number of amides is 2. The van der Waals surface area contributed by atoms with E-state index in [9.17, 15) is 22.8 Å². The highest BCUT2D eigenvalue weighted by Crippen LogP contribution is 2.34. The number of amidine groups is 1. The zero-order valence-electron chi connectivity index (χ0n) is 22.1. The summed E-state index contributed by atoms with van der Waals surface area (Å²) >= 11 is 1.05. The number of nitrogens with zero attached hydrogens (tertiary/aromatic N) is 2. The Balaban J connectivity index is 1.61. The van der Waals surface area contributed by atoms with E-state index in [1.807, 2.05) is 19.1 Å². The minimum absolute atomic E-state index is 0.0287. The van der Waals surface area contributed by atoms with E-state index in [0.29, 0.717) is 23.6 Å². The van der Waals surface area contributed by atoms with Crippen LogP contribution in [0.25, 0.3) is 0 Å². The van der Waals surface area contributed by atoms with Gasteiger partial charge in [-0.25, -0.2) is 4.99 Å². The number of nitrogens with one attached hydrogen (secondary N) is 1. The fourth-order valence-corrected chi connectivity index (χ4v) is 5.27. The van der Waals surface area contributed by atoms with E-state index < -0.39 is 17.0 Å². The van der Waals surface area contributed by atoms with Crippen molar-refractivity contribution in [3.63, 3.8) is 0 Å². The molecule has 1 saturated heterocycles. The van der Waals surface area contributed by atoms with Crippen molar-refractivity contribution in [2.75, 3.05) is 26.1 Å². The molecule has 0 spiro atoms. The van der Waals surface area contributed by atoms with Crippen LogP contribution in [-0.4, -0.2) is 47.9 Å². The van der Waals surface area contributed by atoms with Crippen molar-refractivity contribution < 1.29 is 32.2 Å². The summed E-state index contributed by atoms with van der Waals surface area (Å²) in [6.45, 7) is 2.09. The molecule has 0 radical (unpaired) electrons. The molecule has 0 bridgehead atoms. The summed E-state index contributed by atoms with van der Waals surface area (Å²) in [6, 6.07) is 17.2. The van der Waals surface area contributed by atoms with E-state index in [-0.39, 0.29) is 35.6 Å². The van der Waals surface area contributed by atoms with Crippen molar-refractivity contribution in [3.8, 4) is 11.5 Å². The lowest BCUT2D eigenvalue weighted by Gasteiger charge is -2.32. The predicted octanol–water partition coefficient (Wildman–Crippen LogP) is 6.23. The van der Waals surface area contributed by atoms with Crippen LogP contribution in [0.4, 0.5) is 24.5 Å². The molecule has 210 valence electrons. The van der Waals surface area contributed by atoms with Gasteiger partial charge in [-0.3, -0.25) is 14.5 Å². The second-order valence-electron chi connectivity index (χ2n) is 9.10. The number of anilines is 1. The first-order valence-electron chi connectivity index (χ1n) is 12.4. The number of thioether (sulfide) groups is 1. The monoisotopic (exact) mass is 571 g/mol. The first-order chi connectivity index (χ1) is 19.1. The number of methoxy groups -OCH3 is 2. The molecule has 0 aromatic heterocycles. The van der Waals surface area contributed by atoms with Crippen LogP contribution in [0.1, 0.15) is 23.1 Å². The Morgan fingerprint density at radius 3 is 2.50 bits per heavy atom. The number of benzene rings is 3. The lowest BCUT2D eigenvalue weighted by Crippen LogP contribution is -2.46. The summed E-state index contributed by atoms with van der Waals surface area (Å²) in [4.78, 5) is 32.2. The van der Waals surface area contributed by atoms with Crippen LogP contribution in [-0.2, 0) is 22.2 Å². The summed E-state index contributed by atoms with van der Waals surface area (Å²) in [5.74, 6) is 0.352. The molecule has 2 amide bonds. The molecule has 1 fully saturated rings. The predicted molar refractivity (Wildman–Crippen MR) is 149 cm³/mol. The molecule has 3 aromatic rings. The van der Waals surface area contributed by atoms with E-state index in [1.54, 1.807) is 30.3 Å². The highest BCUT2D eigenvalue weighted by molar-refractivity contribution is 8.15. The van der Waals surface area contributed by atoms with Crippen LogP contribution in [0.2, 0.25) is 0 Å². The highest BCUT2D eigenvalue weighted by atomic mass is 32.2. The number of hydrogen-bond acceptors (Lipinski definition) is 6. The maximum absolute atomic E-state index is 13.3. The fourth-order valence-electron chi connectivity index (χ4n) is 4.15. The third-order valence-electron chi connectivity index (χ3n) is 6.19. The molecule has 3 aromatic carbocycles. The van der Waals surface area contributed by atoms with Crippen molar-refractivity contribution in [1.82, 2.24) is 4.90 Å². The maximum Gasteiger partial charge on any atom is 0.416 e. The molecule has 1 aliphatic heterocycles. The molecule has 1 aliphatic rings. The summed E-state index contributed by atoms with van der Waals surface area (Å²) in [7, 11) is 3.05. The van der Waals surface area contributed by atoms with Crippen LogP contribution in [0, 0.1) is 6.92 Å². The zero-order chi connectivity index (χ0) is 28.9. The maximum atomic E-state index is 13.3. The average molecular weight is 572 g/mol. The van der Waals surface area contributed by atoms with E-state index in [2.05, 4.69) is 10.3 Å². The van der Waals surface area contributed by atoms with Crippen LogP contribution < -0.4 is 14.8 Å². The molecule has 1 unspecified atom stereocenters. The second-order valence-corrected chi connectivity index (χ2v) is 10.3. The van der Waals surface area contributed by atoms with Gasteiger partial charge in [0.2, 0.25) is 11.8 Å². The van der Waals surface area contributed by atoms with Crippen molar-refractivity contribution in [2.45, 2.75) is 31.2 Å². The largest absolute Gasteiger partial charge is 0.493 e. The number of ether oxygens (including phenoxy) is 2. The Morgan fingerprint density at radius 1 is 1.05 bits per heavy atom. The van der Waals surface area contributed by atoms with E-state index >= 15 is 0 Å². The van der Waals surface area contributed by atoms with E-state index in [0.717, 1.165) is 35.0 Å². The Bertz CT molecular complexity index is 1430. The van der Waals surface area contributed by atoms with Gasteiger partial charge in [0.15, 0.2) is 16.7 Å². The van der Waals surface area contributed by atoms with Crippen LogP contribution in [0.3, 0.4) is 0 Å². The average Bonchev–Trinajstić information content (AvgIpc) is 2.92. The van der Waals surface area contributed by atoms with E-state index in [4.69, 9.17) is 9.47 Å². The molecular weight excluding hydrogens is 543 g/mol. The van der Waals surface area contributed by atoms with Crippen molar-refractivity contribution in [3.05, 3.63) is 83.4 Å². The number of carbonyl (C=O) groups is 2. The van der Waals surface area contributed by atoms with E-state index in [1.165, 1.54) is 31.3 Å². The first kappa shape index (κ1) is 29.0. The first-order valence-corrected chi connectivity index (χ1v) is 13.3. The zero-order valence-corrected chi connectivity index (χ0v) is 22.9. The molecule has 1 atom stereocenters. The Morgan fingerprint density at radius 2 is 1.80 bits per heavy atom. The number of aliphatic imine (C=N–C) groups is 1. The number of aryl methyl sites for hydroxylation is 1. The van der Waals surface area contributed by atoms with Crippen LogP contribution in [0.5, 0.6) is 11.5 Å². The number of alkyl halides is 3. The molecule has 1 N–H and O–H groups in total. The molecule has 0 saturated carbocycles. The normalized spacial score (nSPS) is 16.6. The Kier molecular flexibility index (Phi) is 9.03. The van der Waals surface area contributed by atoms with Crippen molar-refractivity contribution in [1.29, 1.82) is 0 Å². The molecular formula is C29H28F3N3O4S. The van der Waals surface area contributed by atoms with Crippen LogP contribution >= 0.6 is 11.8 Å². The van der Waals surface area contributed by atoms with Gasteiger partial charge in [-0.1, -0.05) is 36.0 Å². The lowest BCUT2D eigenvalue weighted by molar-refractivity contribution is -0.137. The smallest absolute Gasteiger partial charge is 0.416 e. The number of halogens is 3. The van der Waals surface area contributed by atoms with Crippen LogP contribution in [0.15, 0.2) is 71.7 Å². The summed E-state index contributed by atoms with van der Waals surface area (Å²) < 4.78 is 50.6. The summed E-state index contributed by atoms with van der Waals surface area (Å²) in [5.41, 5.74) is 1.57. The second kappa shape index (κ2) is 12.5. The molecule has 4 rings (SSSR count). The molecule has 11 heteroatoms. The lowest BCUT2D eigenvalue weighted by atomic mass is 10.1. The van der Waals surface area contributed by atoms with Crippen molar-refractivity contribution >= 4 is 40.1 Å². The minimum Gasteiger partial charge on any atom is -0.493 e. The SMILES string of the molecule is COc1ccc(CCN2C(=O)CC(C(=O)Nc3cccc(C)c3)SC2=Nc2cccc(C(F)(F)F)c2)cc1OC. The summed E-state index contributed by atoms with van der Waals surface area (Å²) in [6.07, 6.45) is -4.22. The third-order valence-corrected chi connectivity index (χ3v) is 7.38. The quantitative estimate of drug-likeness (QED) is 0.347. The van der Waals surface area contributed by atoms with Gasteiger partial charge in [-0.05, 0) is 66.9 Å². The molecule has 7 nitrogen and oxygen atoms in total. The standard InChI is InChI=1S/C29H28F3N3O4S/c1-18-6-4-8-21(14-18)33-27(37)25-17-26(36)35(13-12-19-10-11-23(38-2)24(15-19)39-3)28(40-25)34-22-9-5-7-20(16-22)29(30,31)32/h4-11,14-16,25H,12-13,17H2,1-3H3,(H,33,37). The molecule has 0 aliphatic carbocycles. The Labute approximate surface area is 234 Å².